The first-order valence-electron chi connectivity index (χ1n) is 7.06. The summed E-state index contributed by atoms with van der Waals surface area (Å²) in [7, 11) is 0. The van der Waals surface area contributed by atoms with Crippen molar-refractivity contribution in [3.63, 3.8) is 0 Å². The number of guanidine groups is 1. The molecule has 1 aromatic carbocycles. The number of benzene rings is 1. The SMILES string of the molecule is CC[C@H](CO)N=C(N)Nc1cccc2c1CCCC2.I. The van der Waals surface area contributed by atoms with E-state index in [9.17, 15) is 0 Å². The molecule has 0 spiro atoms. The summed E-state index contributed by atoms with van der Waals surface area (Å²) >= 11 is 0. The van der Waals surface area contributed by atoms with Crippen molar-refractivity contribution >= 4 is 35.6 Å². The summed E-state index contributed by atoms with van der Waals surface area (Å²) in [5.74, 6) is 0.389. The Hall–Kier alpha value is -0.820. The fourth-order valence-corrected chi connectivity index (χ4v) is 2.53. The number of aliphatic hydroxyl groups is 1. The van der Waals surface area contributed by atoms with Crippen LogP contribution in [0.1, 0.15) is 37.3 Å². The van der Waals surface area contributed by atoms with E-state index in [2.05, 4.69) is 22.4 Å². The molecule has 4 nitrogen and oxygen atoms in total. The van der Waals surface area contributed by atoms with E-state index in [1.165, 1.54) is 24.0 Å². The van der Waals surface area contributed by atoms with Gasteiger partial charge >= 0.3 is 0 Å². The second-order valence-corrected chi connectivity index (χ2v) is 5.03. The van der Waals surface area contributed by atoms with Gasteiger partial charge in [0.05, 0.1) is 12.6 Å². The van der Waals surface area contributed by atoms with E-state index >= 15 is 0 Å². The number of hydrogen-bond donors (Lipinski definition) is 3. The van der Waals surface area contributed by atoms with Crippen LogP contribution in [0, 0.1) is 0 Å². The van der Waals surface area contributed by atoms with Crippen LogP contribution in [-0.4, -0.2) is 23.7 Å². The van der Waals surface area contributed by atoms with E-state index in [4.69, 9.17) is 10.8 Å². The van der Waals surface area contributed by atoms with Crippen molar-refractivity contribution in [2.75, 3.05) is 11.9 Å². The van der Waals surface area contributed by atoms with Gasteiger partial charge in [0, 0.05) is 5.69 Å². The summed E-state index contributed by atoms with van der Waals surface area (Å²) in [6, 6.07) is 6.18. The van der Waals surface area contributed by atoms with Crippen LogP contribution in [0.3, 0.4) is 0 Å². The van der Waals surface area contributed by atoms with Gasteiger partial charge in [-0.05, 0) is 49.3 Å². The number of nitrogens with zero attached hydrogens (tertiary/aromatic N) is 1. The molecule has 4 N–H and O–H groups in total. The minimum atomic E-state index is -0.118. The van der Waals surface area contributed by atoms with Gasteiger partial charge in [-0.3, -0.25) is 0 Å². The number of nitrogens with one attached hydrogen (secondary N) is 1. The first-order valence-corrected chi connectivity index (χ1v) is 7.06. The van der Waals surface area contributed by atoms with Gasteiger partial charge in [0.1, 0.15) is 0 Å². The molecular formula is C15H24IN3O. The number of nitrogens with two attached hydrogens (primary N) is 1. The lowest BCUT2D eigenvalue weighted by Crippen LogP contribution is -2.27. The summed E-state index contributed by atoms with van der Waals surface area (Å²) in [6.45, 7) is 2.02. The zero-order chi connectivity index (χ0) is 13.7. The predicted molar refractivity (Wildman–Crippen MR) is 94.9 cm³/mol. The van der Waals surface area contributed by atoms with Gasteiger partial charge in [-0.15, -0.1) is 24.0 Å². The summed E-state index contributed by atoms with van der Waals surface area (Å²) in [4.78, 5) is 4.29. The molecule has 0 fully saturated rings. The average Bonchev–Trinajstić information content (AvgIpc) is 2.45. The van der Waals surface area contributed by atoms with Gasteiger partial charge in [0.25, 0.3) is 0 Å². The molecule has 0 saturated carbocycles. The Morgan fingerprint density at radius 2 is 2.15 bits per heavy atom. The third kappa shape index (κ3) is 4.34. The van der Waals surface area contributed by atoms with E-state index in [0.29, 0.717) is 5.96 Å². The van der Waals surface area contributed by atoms with Crippen molar-refractivity contribution in [1.29, 1.82) is 0 Å². The van der Waals surface area contributed by atoms with Crippen molar-refractivity contribution in [2.45, 2.75) is 45.1 Å². The van der Waals surface area contributed by atoms with Gasteiger partial charge in [-0.1, -0.05) is 19.1 Å². The highest BCUT2D eigenvalue weighted by atomic mass is 127. The van der Waals surface area contributed by atoms with Crippen LogP contribution >= 0.6 is 24.0 Å². The molecular weight excluding hydrogens is 365 g/mol. The molecule has 0 aromatic heterocycles. The molecule has 0 aliphatic heterocycles. The highest BCUT2D eigenvalue weighted by Gasteiger charge is 2.13. The molecule has 0 heterocycles. The van der Waals surface area contributed by atoms with Crippen LogP contribution in [0.15, 0.2) is 23.2 Å². The second-order valence-electron chi connectivity index (χ2n) is 5.03. The fourth-order valence-electron chi connectivity index (χ4n) is 2.53. The quantitative estimate of drug-likeness (QED) is 0.421. The van der Waals surface area contributed by atoms with E-state index in [1.54, 1.807) is 0 Å². The number of aryl methyl sites for hydroxylation is 1. The number of hydrogen-bond acceptors (Lipinski definition) is 2. The number of rotatable bonds is 4. The van der Waals surface area contributed by atoms with Gasteiger partial charge in [0.15, 0.2) is 5.96 Å². The van der Waals surface area contributed by atoms with Crippen LogP contribution < -0.4 is 11.1 Å². The van der Waals surface area contributed by atoms with E-state index < -0.39 is 0 Å². The lowest BCUT2D eigenvalue weighted by Gasteiger charge is -2.20. The number of halogens is 1. The zero-order valence-electron chi connectivity index (χ0n) is 11.9. The lowest BCUT2D eigenvalue weighted by atomic mass is 9.90. The smallest absolute Gasteiger partial charge is 0.193 e. The number of aliphatic hydroxyl groups excluding tert-OH is 1. The molecule has 0 bridgehead atoms. The average molecular weight is 389 g/mol. The highest BCUT2D eigenvalue weighted by molar-refractivity contribution is 14.0. The van der Waals surface area contributed by atoms with Crippen LogP contribution in [0.5, 0.6) is 0 Å². The van der Waals surface area contributed by atoms with Crippen LogP contribution in [0.2, 0.25) is 0 Å². The first kappa shape index (κ1) is 17.2. The number of aliphatic imine (C=N–C) groups is 1. The molecule has 2 rings (SSSR count). The van der Waals surface area contributed by atoms with Crippen molar-refractivity contribution in [3.05, 3.63) is 29.3 Å². The maximum absolute atomic E-state index is 9.14. The molecule has 0 amide bonds. The lowest BCUT2D eigenvalue weighted by molar-refractivity contribution is 0.264. The maximum atomic E-state index is 9.14. The molecule has 5 heteroatoms. The van der Waals surface area contributed by atoms with Gasteiger partial charge < -0.3 is 16.2 Å². The Kier molecular flexibility index (Phi) is 7.29. The minimum absolute atomic E-state index is 0. The molecule has 0 radical (unpaired) electrons. The summed E-state index contributed by atoms with van der Waals surface area (Å²) in [5, 5.41) is 12.3. The molecule has 1 aliphatic carbocycles. The molecule has 0 unspecified atom stereocenters. The highest BCUT2D eigenvalue weighted by Crippen LogP contribution is 2.27. The standard InChI is InChI=1S/C15H23N3O.HI/c1-2-12(10-19)17-15(16)18-14-9-5-7-11-6-3-4-8-13(11)14;/h5,7,9,12,19H,2-4,6,8,10H2,1H3,(H3,16,17,18);1H/t12-;/m1./s1. The van der Waals surface area contributed by atoms with Crippen molar-refractivity contribution in [3.8, 4) is 0 Å². The Morgan fingerprint density at radius 3 is 2.85 bits per heavy atom. The van der Waals surface area contributed by atoms with E-state index in [0.717, 1.165) is 24.9 Å². The topological polar surface area (TPSA) is 70.6 Å². The largest absolute Gasteiger partial charge is 0.394 e. The van der Waals surface area contributed by atoms with Gasteiger partial charge in [-0.25, -0.2) is 4.99 Å². The number of fused-ring (bicyclic) bond motifs is 1. The third-order valence-electron chi connectivity index (χ3n) is 3.66. The Bertz CT molecular complexity index is 458. The molecule has 0 saturated heterocycles. The normalized spacial score (nSPS) is 16.0. The molecule has 1 aromatic rings. The summed E-state index contributed by atoms with van der Waals surface area (Å²) in [6.07, 6.45) is 5.53. The van der Waals surface area contributed by atoms with E-state index in [1.807, 2.05) is 13.0 Å². The van der Waals surface area contributed by atoms with Gasteiger partial charge in [-0.2, -0.15) is 0 Å². The Balaban J connectivity index is 0.00000200. The molecule has 1 atom stereocenters. The van der Waals surface area contributed by atoms with Crippen LogP contribution in [-0.2, 0) is 12.8 Å². The molecule has 112 valence electrons. The Morgan fingerprint density at radius 1 is 1.40 bits per heavy atom. The minimum Gasteiger partial charge on any atom is -0.394 e. The van der Waals surface area contributed by atoms with Crippen LogP contribution in [0.4, 0.5) is 5.69 Å². The van der Waals surface area contributed by atoms with Gasteiger partial charge in [0.2, 0.25) is 0 Å². The maximum Gasteiger partial charge on any atom is 0.193 e. The zero-order valence-corrected chi connectivity index (χ0v) is 14.3. The van der Waals surface area contributed by atoms with Crippen molar-refractivity contribution in [1.82, 2.24) is 0 Å². The van der Waals surface area contributed by atoms with Crippen molar-refractivity contribution in [2.24, 2.45) is 10.7 Å². The molecule has 20 heavy (non-hydrogen) atoms. The van der Waals surface area contributed by atoms with E-state index in [-0.39, 0.29) is 36.6 Å². The first-order chi connectivity index (χ1) is 9.24. The second kappa shape index (κ2) is 8.46. The number of anilines is 1. The monoisotopic (exact) mass is 389 g/mol. The third-order valence-corrected chi connectivity index (χ3v) is 3.66. The predicted octanol–water partition coefficient (Wildman–Crippen LogP) is 2.68. The summed E-state index contributed by atoms with van der Waals surface area (Å²) in [5.41, 5.74) is 9.76. The fraction of sp³-hybridized carbons (Fsp3) is 0.533. The van der Waals surface area contributed by atoms with Crippen LogP contribution in [0.25, 0.3) is 0 Å². The Labute approximate surface area is 137 Å². The summed E-state index contributed by atoms with van der Waals surface area (Å²) < 4.78 is 0. The van der Waals surface area contributed by atoms with Crippen molar-refractivity contribution < 1.29 is 5.11 Å². The molecule has 1 aliphatic rings.